The standard InChI is InChI=1S/C18H24N2O/c1-13-17-11-14-5-6-15(21)12-16(14)18(13,2)7-10-20(17)9-4-3-8-19/h5-6,12-13,17,21H,3-4,7,9-11H2,1-2H3/t13-,17?,18?/m0/s1. The van der Waals surface area contributed by atoms with Crippen molar-refractivity contribution >= 4 is 0 Å². The Balaban J connectivity index is 1.89. The van der Waals surface area contributed by atoms with Gasteiger partial charge in [0.05, 0.1) is 6.07 Å². The van der Waals surface area contributed by atoms with E-state index in [1.165, 1.54) is 11.1 Å². The molecule has 1 fully saturated rings. The highest BCUT2D eigenvalue weighted by molar-refractivity contribution is 5.44. The minimum Gasteiger partial charge on any atom is -0.508 e. The zero-order valence-corrected chi connectivity index (χ0v) is 13.0. The first-order chi connectivity index (χ1) is 10.1. The van der Waals surface area contributed by atoms with Crippen LogP contribution in [0.3, 0.4) is 0 Å². The Bertz CT molecular complexity index is 577. The van der Waals surface area contributed by atoms with Gasteiger partial charge in [0, 0.05) is 12.5 Å². The van der Waals surface area contributed by atoms with Gasteiger partial charge in [0.1, 0.15) is 5.75 Å². The van der Waals surface area contributed by atoms with Crippen LogP contribution in [0.4, 0.5) is 0 Å². The molecule has 0 amide bonds. The zero-order valence-electron chi connectivity index (χ0n) is 13.0. The van der Waals surface area contributed by atoms with Crippen LogP contribution in [0, 0.1) is 17.2 Å². The third kappa shape index (κ3) is 2.32. The van der Waals surface area contributed by atoms with Gasteiger partial charge in [-0.3, -0.25) is 4.90 Å². The number of rotatable bonds is 3. The van der Waals surface area contributed by atoms with Gasteiger partial charge in [0.2, 0.25) is 0 Å². The van der Waals surface area contributed by atoms with Crippen molar-refractivity contribution in [3.05, 3.63) is 29.3 Å². The largest absolute Gasteiger partial charge is 0.508 e. The third-order valence-electron chi connectivity index (χ3n) is 5.84. The second-order valence-corrected chi connectivity index (χ2v) is 6.87. The average molecular weight is 284 g/mol. The monoisotopic (exact) mass is 284 g/mol. The van der Waals surface area contributed by atoms with Crippen LogP contribution in [0.1, 0.15) is 44.2 Å². The molecule has 1 aliphatic carbocycles. The van der Waals surface area contributed by atoms with E-state index in [9.17, 15) is 5.11 Å². The van der Waals surface area contributed by atoms with Gasteiger partial charge in [0.25, 0.3) is 0 Å². The van der Waals surface area contributed by atoms with Gasteiger partial charge < -0.3 is 5.11 Å². The van der Waals surface area contributed by atoms with Gasteiger partial charge in [-0.2, -0.15) is 5.26 Å². The number of aromatic hydroxyl groups is 1. The summed E-state index contributed by atoms with van der Waals surface area (Å²) in [6.07, 6.45) is 3.82. The predicted octanol–water partition coefficient (Wildman–Crippen LogP) is 3.22. The van der Waals surface area contributed by atoms with E-state index in [4.69, 9.17) is 5.26 Å². The average Bonchev–Trinajstić information content (AvgIpc) is 2.46. The van der Waals surface area contributed by atoms with Crippen LogP contribution in [-0.4, -0.2) is 29.1 Å². The van der Waals surface area contributed by atoms with Crippen molar-refractivity contribution in [3.63, 3.8) is 0 Å². The molecule has 21 heavy (non-hydrogen) atoms. The quantitative estimate of drug-likeness (QED) is 0.867. The van der Waals surface area contributed by atoms with Crippen LogP contribution < -0.4 is 0 Å². The van der Waals surface area contributed by atoms with Crippen LogP contribution in [0.15, 0.2) is 18.2 Å². The highest BCUT2D eigenvalue weighted by Crippen LogP contribution is 2.49. The summed E-state index contributed by atoms with van der Waals surface area (Å²) in [5.41, 5.74) is 2.91. The minimum absolute atomic E-state index is 0.169. The molecular weight excluding hydrogens is 260 g/mol. The van der Waals surface area contributed by atoms with Gasteiger partial charge in [0.15, 0.2) is 0 Å². The van der Waals surface area contributed by atoms with Crippen molar-refractivity contribution in [2.75, 3.05) is 13.1 Å². The predicted molar refractivity (Wildman–Crippen MR) is 83.2 cm³/mol. The normalized spacial score (nSPS) is 31.5. The van der Waals surface area contributed by atoms with E-state index in [0.717, 1.165) is 32.4 Å². The summed E-state index contributed by atoms with van der Waals surface area (Å²) in [5, 5.41) is 18.6. The number of nitriles is 1. The van der Waals surface area contributed by atoms with E-state index in [-0.39, 0.29) is 5.41 Å². The lowest BCUT2D eigenvalue weighted by molar-refractivity contribution is 0.0309. The molecule has 1 N–H and O–H groups in total. The fraction of sp³-hybridized carbons (Fsp3) is 0.611. The Morgan fingerprint density at radius 2 is 2.29 bits per heavy atom. The number of phenolic OH excluding ortho intramolecular Hbond substituents is 1. The van der Waals surface area contributed by atoms with Crippen LogP contribution >= 0.6 is 0 Å². The van der Waals surface area contributed by atoms with Crippen LogP contribution in [0.2, 0.25) is 0 Å². The van der Waals surface area contributed by atoms with Crippen molar-refractivity contribution in [2.24, 2.45) is 5.92 Å². The molecule has 1 aliphatic heterocycles. The summed E-state index contributed by atoms with van der Waals surface area (Å²) in [6.45, 7) is 6.85. The van der Waals surface area contributed by atoms with Crippen molar-refractivity contribution in [3.8, 4) is 11.8 Å². The molecule has 112 valence electrons. The second-order valence-electron chi connectivity index (χ2n) is 6.87. The third-order valence-corrected chi connectivity index (χ3v) is 5.84. The number of piperidine rings is 1. The summed E-state index contributed by atoms with van der Waals surface area (Å²) in [7, 11) is 0. The molecule has 1 aromatic rings. The fourth-order valence-corrected chi connectivity index (χ4v) is 4.33. The van der Waals surface area contributed by atoms with Crippen molar-refractivity contribution in [2.45, 2.75) is 51.0 Å². The fourth-order valence-electron chi connectivity index (χ4n) is 4.33. The lowest BCUT2D eigenvalue weighted by Crippen LogP contribution is -2.58. The summed E-state index contributed by atoms with van der Waals surface area (Å²) >= 11 is 0. The van der Waals surface area contributed by atoms with E-state index in [1.54, 1.807) is 0 Å². The number of fused-ring (bicyclic) bond motifs is 4. The molecule has 1 aromatic carbocycles. The topological polar surface area (TPSA) is 47.3 Å². The number of phenols is 1. The highest BCUT2D eigenvalue weighted by Gasteiger charge is 2.48. The first-order valence-corrected chi connectivity index (χ1v) is 7.99. The number of benzene rings is 1. The highest BCUT2D eigenvalue weighted by atomic mass is 16.3. The van der Waals surface area contributed by atoms with E-state index in [2.05, 4.69) is 30.9 Å². The molecule has 3 atom stereocenters. The van der Waals surface area contributed by atoms with E-state index < -0.39 is 0 Å². The number of hydrogen-bond donors (Lipinski definition) is 1. The maximum atomic E-state index is 9.84. The van der Waals surface area contributed by atoms with Gasteiger partial charge in [-0.1, -0.05) is 19.9 Å². The van der Waals surface area contributed by atoms with E-state index in [1.807, 2.05) is 12.1 Å². The lowest BCUT2D eigenvalue weighted by Gasteiger charge is -2.54. The smallest absolute Gasteiger partial charge is 0.115 e. The number of likely N-dealkylation sites (tertiary alicyclic amines) is 1. The summed E-state index contributed by atoms with van der Waals surface area (Å²) in [6, 6.07) is 8.71. The van der Waals surface area contributed by atoms with Crippen molar-refractivity contribution in [1.82, 2.24) is 4.90 Å². The first kappa shape index (κ1) is 14.4. The van der Waals surface area contributed by atoms with Gasteiger partial charge in [-0.25, -0.2) is 0 Å². The number of hydrogen-bond acceptors (Lipinski definition) is 3. The van der Waals surface area contributed by atoms with Crippen molar-refractivity contribution < 1.29 is 5.11 Å². The molecule has 1 heterocycles. The maximum absolute atomic E-state index is 9.84. The van der Waals surface area contributed by atoms with Crippen LogP contribution in [0.25, 0.3) is 0 Å². The molecule has 1 saturated heterocycles. The number of nitrogens with zero attached hydrogens (tertiary/aromatic N) is 2. The van der Waals surface area contributed by atoms with Crippen molar-refractivity contribution in [1.29, 1.82) is 5.26 Å². The SMILES string of the molecule is C[C@H]1C2Cc3ccc(O)cc3C1(C)CCN2CCCC#N. The minimum atomic E-state index is 0.169. The van der Waals surface area contributed by atoms with Gasteiger partial charge in [-0.05, 0) is 66.9 Å². The van der Waals surface area contributed by atoms with Crippen LogP contribution in [0.5, 0.6) is 5.75 Å². The molecule has 3 heteroatoms. The summed E-state index contributed by atoms with van der Waals surface area (Å²) < 4.78 is 0. The van der Waals surface area contributed by atoms with Gasteiger partial charge in [-0.15, -0.1) is 0 Å². The van der Waals surface area contributed by atoms with Gasteiger partial charge >= 0.3 is 0 Å². The molecular formula is C18H24N2O. The second kappa shape index (κ2) is 5.35. The lowest BCUT2D eigenvalue weighted by atomic mass is 9.59. The molecule has 2 aliphatic rings. The first-order valence-electron chi connectivity index (χ1n) is 7.99. The maximum Gasteiger partial charge on any atom is 0.115 e. The molecule has 2 bridgehead atoms. The molecule has 2 unspecified atom stereocenters. The zero-order chi connectivity index (χ0) is 15.0. The molecule has 0 saturated carbocycles. The Labute approximate surface area is 127 Å². The Morgan fingerprint density at radius 3 is 3.05 bits per heavy atom. The Kier molecular flexibility index (Phi) is 3.67. The van der Waals surface area contributed by atoms with E-state index >= 15 is 0 Å². The number of unbranched alkanes of at least 4 members (excludes halogenated alkanes) is 1. The van der Waals surface area contributed by atoms with Crippen LogP contribution in [-0.2, 0) is 11.8 Å². The molecule has 0 radical (unpaired) electrons. The Morgan fingerprint density at radius 1 is 1.48 bits per heavy atom. The summed E-state index contributed by atoms with van der Waals surface area (Å²) in [5.74, 6) is 0.972. The molecule has 0 aromatic heterocycles. The Hall–Kier alpha value is -1.53. The summed E-state index contributed by atoms with van der Waals surface area (Å²) in [4.78, 5) is 2.58. The molecule has 3 nitrogen and oxygen atoms in total. The molecule has 3 rings (SSSR count). The molecule has 0 spiro atoms. The van der Waals surface area contributed by atoms with E-state index in [0.29, 0.717) is 24.1 Å².